The Hall–Kier alpha value is -1.40. The number of hydrogen-bond donors (Lipinski definition) is 3. The summed E-state index contributed by atoms with van der Waals surface area (Å²) < 4.78 is 70.2. The Morgan fingerprint density at radius 1 is 1.95 bits per heavy atom. The molecule has 1 saturated carbocycles. The van der Waals surface area contributed by atoms with Gasteiger partial charge in [0.15, 0.2) is 0 Å². The van der Waals surface area contributed by atoms with Gasteiger partial charge in [-0.15, -0.1) is 0 Å². The van der Waals surface area contributed by atoms with Gasteiger partial charge in [0.2, 0.25) is 5.28 Å². The van der Waals surface area contributed by atoms with Crippen molar-refractivity contribution in [3.8, 4) is 0 Å². The highest BCUT2D eigenvalue weighted by atomic mass is 35.5. The molecule has 1 aromatic rings. The highest BCUT2D eigenvalue weighted by Gasteiger charge is 2.25. The minimum absolute atomic E-state index is 0.394. The molecule has 6 nitrogen and oxygen atoms in total. The van der Waals surface area contributed by atoms with Crippen LogP contribution in [0.4, 0.5) is 0 Å². The molecule has 0 aliphatic heterocycles. The van der Waals surface area contributed by atoms with E-state index in [1.165, 1.54) is 0 Å². The number of carbonyl (C=O) groups is 1. The summed E-state index contributed by atoms with van der Waals surface area (Å²) in [5.41, 5.74) is 4.12. The molecule has 1 amide bonds. The Morgan fingerprint density at radius 2 is 2.74 bits per heavy atom. The quantitative estimate of drug-likeness (QED) is 0.696. The van der Waals surface area contributed by atoms with E-state index in [4.69, 9.17) is 29.7 Å². The molecule has 1 fully saturated rings. The number of aliphatic hydroxyl groups is 1. The number of hydrogen-bond acceptors (Lipinski definition) is 4. The topological polar surface area (TPSA) is 104 Å². The number of rotatable bonds is 2. The van der Waals surface area contributed by atoms with Crippen LogP contribution in [-0.4, -0.2) is 33.1 Å². The van der Waals surface area contributed by atoms with Crippen molar-refractivity contribution in [1.82, 2.24) is 9.97 Å². The first kappa shape index (κ1) is 6.37. The number of halogens is 1. The lowest BCUT2D eigenvalue weighted by atomic mass is 9.85. The Bertz CT molecular complexity index is 868. The van der Waals surface area contributed by atoms with Gasteiger partial charge in [0, 0.05) is 15.8 Å². The van der Waals surface area contributed by atoms with Gasteiger partial charge in [0.1, 0.15) is 5.49 Å². The first-order valence-corrected chi connectivity index (χ1v) is 5.63. The van der Waals surface area contributed by atoms with Gasteiger partial charge in [0.05, 0.1) is 20.4 Å². The molecule has 0 aromatic carbocycles. The Labute approximate surface area is 128 Å². The maximum Gasteiger partial charge on any atom is 0.254 e. The van der Waals surface area contributed by atoms with Crippen LogP contribution in [0, 0.1) is 5.92 Å². The molecule has 4 N–H and O–H groups in total. The maximum absolute atomic E-state index is 11.6. The Morgan fingerprint density at radius 3 is 3.42 bits per heavy atom. The van der Waals surface area contributed by atoms with Crippen LogP contribution in [0.5, 0.6) is 0 Å². The second kappa shape index (κ2) is 5.71. The number of aromatic amines is 1. The number of H-pyrrole nitrogens is 1. The third kappa shape index (κ3) is 3.33. The number of nitrogens with one attached hydrogen (secondary N) is 1. The summed E-state index contributed by atoms with van der Waals surface area (Å²) in [4.78, 5) is 21.2. The molecule has 3 unspecified atom stereocenters. The number of nitrogens with two attached hydrogens (primary N) is 1. The van der Waals surface area contributed by atoms with Gasteiger partial charge in [0.25, 0.3) is 5.91 Å². The zero-order chi connectivity index (χ0) is 21.9. The van der Waals surface area contributed by atoms with E-state index in [-0.39, 0.29) is 0 Å². The predicted octanol–water partition coefficient (Wildman–Crippen LogP) is 0.612. The summed E-state index contributed by atoms with van der Waals surface area (Å²) in [5, 5.41) is 10.0. The molecule has 0 saturated heterocycles. The monoisotopic (exact) mass is 293 g/mol. The number of carbonyl (C=O) groups excluding carboxylic acids is 1. The van der Waals surface area contributed by atoms with Crippen molar-refractivity contribution in [3.63, 3.8) is 0 Å². The van der Waals surface area contributed by atoms with Crippen molar-refractivity contribution >= 4 is 17.5 Å². The lowest BCUT2D eigenvalue weighted by Crippen LogP contribution is -2.32. The van der Waals surface area contributed by atoms with Crippen LogP contribution in [0.15, 0.2) is 11.2 Å². The first-order valence-electron chi connectivity index (χ1n) is 9.75. The van der Waals surface area contributed by atoms with Gasteiger partial charge < -0.3 is 15.8 Å². The van der Waals surface area contributed by atoms with Gasteiger partial charge in [-0.2, -0.15) is 0 Å². The van der Waals surface area contributed by atoms with Gasteiger partial charge in [-0.25, -0.2) is 4.98 Å². The lowest BCUT2D eigenvalue weighted by Gasteiger charge is -2.28. The molecule has 1 heterocycles. The van der Waals surface area contributed by atoms with Crippen LogP contribution >= 0.6 is 11.6 Å². The number of aromatic nitrogens is 2. The minimum Gasteiger partial charge on any atom is -0.393 e. The summed E-state index contributed by atoms with van der Waals surface area (Å²) in [6.07, 6.45) is -10.6. The molecule has 2 rings (SSSR count). The van der Waals surface area contributed by atoms with Crippen molar-refractivity contribution in [2.45, 2.75) is 38.1 Å². The molecule has 19 heavy (non-hydrogen) atoms. The van der Waals surface area contributed by atoms with Gasteiger partial charge in [-0.05, 0) is 36.7 Å². The van der Waals surface area contributed by atoms with Crippen LogP contribution in [0.25, 0.3) is 0 Å². The molecule has 104 valence electrons. The normalized spacial score (nSPS) is 45.2. The summed E-state index contributed by atoms with van der Waals surface area (Å²) in [5.74, 6) is -3.51. The average Bonchev–Trinajstić information content (AvgIpc) is 2.40. The molecule has 7 heteroatoms. The molecule has 0 radical (unpaired) electrons. The third-order valence-corrected chi connectivity index (χ3v) is 2.54. The van der Waals surface area contributed by atoms with Crippen molar-refractivity contribution < 1.29 is 22.2 Å². The van der Waals surface area contributed by atoms with Gasteiger partial charge >= 0.3 is 0 Å². The van der Waals surface area contributed by atoms with Crippen molar-refractivity contribution in [1.29, 1.82) is 0 Å². The molecule has 1 aliphatic rings. The summed E-state index contributed by atoms with van der Waals surface area (Å²) in [7, 11) is 0. The van der Waals surface area contributed by atoms with Gasteiger partial charge in [-0.1, -0.05) is 6.85 Å². The third-order valence-electron chi connectivity index (χ3n) is 2.36. The molecule has 0 bridgehead atoms. The fraction of sp³-hybridized carbons (Fsp3) is 0.583. The van der Waals surface area contributed by atoms with Crippen LogP contribution in [0.2, 0.25) is 5.28 Å². The molecule has 1 aromatic heterocycles. The summed E-state index contributed by atoms with van der Waals surface area (Å²) >= 11 is 5.68. The molecule has 1 aliphatic carbocycles. The van der Waals surface area contributed by atoms with Crippen LogP contribution in [-0.2, 0) is 0 Å². The Balaban J connectivity index is 2.73. The standard InChI is InChI=1S/C12H17ClN4O2/c1-6-2-3-7(4-9(6)18)16-11-8(10(14)19)5-15-12(13)17-11/h5-7,9,18H,2-4H2,1H3,(H2,14,19)(H,15,16,17)/i1D3,2D2,4D2,5D,9D. The zero-order valence-corrected chi connectivity index (χ0v) is 10.3. The first-order chi connectivity index (χ1) is 12.4. The van der Waals surface area contributed by atoms with E-state index in [0.29, 0.717) is 0 Å². The molecular formula is C12H17ClN4O2. The second-order valence-corrected chi connectivity index (χ2v) is 4.10. The van der Waals surface area contributed by atoms with E-state index < -0.39 is 72.5 Å². The predicted molar refractivity (Wildman–Crippen MR) is 70.5 cm³/mol. The largest absolute Gasteiger partial charge is 0.393 e. The van der Waals surface area contributed by atoms with E-state index in [9.17, 15) is 9.90 Å². The SMILES string of the molecule is [2H]c1nc(Cl)[nH]c(=NC2CC([2H])([2H])C(C([2H])([2H])[2H])C([2H])(O)C2([2H])[2H])c1C(N)=O. The lowest BCUT2D eigenvalue weighted by molar-refractivity contribution is 0.0704. The number of primary amides is 1. The van der Waals surface area contributed by atoms with E-state index in [1.54, 1.807) is 0 Å². The molecular weight excluding hydrogens is 268 g/mol. The zero-order valence-electron chi connectivity index (χ0n) is 18.6. The Kier molecular flexibility index (Phi) is 1.91. The summed E-state index contributed by atoms with van der Waals surface area (Å²) in [6.45, 7) is -3.17. The van der Waals surface area contributed by atoms with Crippen molar-refractivity contribution in [2.75, 3.05) is 0 Å². The smallest absolute Gasteiger partial charge is 0.254 e. The van der Waals surface area contributed by atoms with E-state index in [0.717, 1.165) is 0 Å². The molecule has 0 spiro atoms. The van der Waals surface area contributed by atoms with Crippen LogP contribution < -0.4 is 11.2 Å². The fourth-order valence-corrected chi connectivity index (χ4v) is 1.61. The highest BCUT2D eigenvalue weighted by Crippen LogP contribution is 2.25. The fourth-order valence-electron chi connectivity index (χ4n) is 1.48. The highest BCUT2D eigenvalue weighted by molar-refractivity contribution is 6.28. The van der Waals surface area contributed by atoms with E-state index in [1.807, 2.05) is 0 Å². The second-order valence-electron chi connectivity index (χ2n) is 3.74. The van der Waals surface area contributed by atoms with Gasteiger partial charge in [-0.3, -0.25) is 9.79 Å². The summed E-state index contributed by atoms with van der Waals surface area (Å²) in [6, 6.07) is -1.81. The van der Waals surface area contributed by atoms with Crippen LogP contribution in [0.1, 0.15) is 48.7 Å². The maximum atomic E-state index is 11.6. The van der Waals surface area contributed by atoms with E-state index in [2.05, 4.69) is 15.0 Å². The molecule has 3 atom stereocenters. The van der Waals surface area contributed by atoms with E-state index >= 15 is 0 Å². The number of nitrogens with zero attached hydrogens (tertiary/aromatic N) is 2. The van der Waals surface area contributed by atoms with Crippen molar-refractivity contribution in [2.24, 2.45) is 16.6 Å². The minimum atomic E-state index is -3.39. The van der Waals surface area contributed by atoms with Crippen molar-refractivity contribution in [3.05, 3.63) is 22.5 Å². The average molecular weight is 294 g/mol. The van der Waals surface area contributed by atoms with Crippen LogP contribution in [0.3, 0.4) is 0 Å². The number of amides is 1.